The predicted octanol–water partition coefficient (Wildman–Crippen LogP) is 1.79. The number of imidazole rings is 1. The van der Waals surface area contributed by atoms with E-state index < -0.39 is 6.10 Å². The van der Waals surface area contributed by atoms with Crippen molar-refractivity contribution in [3.63, 3.8) is 0 Å². The summed E-state index contributed by atoms with van der Waals surface area (Å²) in [5, 5.41) is 12.9. The zero-order valence-corrected chi connectivity index (χ0v) is 16.1. The number of anilines is 1. The van der Waals surface area contributed by atoms with Crippen LogP contribution in [0.3, 0.4) is 0 Å². The monoisotopic (exact) mass is 358 g/mol. The van der Waals surface area contributed by atoms with Gasteiger partial charge < -0.3 is 15.0 Å². The average Bonchev–Trinajstić information content (AvgIpc) is 2.92. The Morgan fingerprint density at radius 3 is 2.85 bits per heavy atom. The Hall–Kier alpha value is -1.99. The van der Waals surface area contributed by atoms with Crippen molar-refractivity contribution in [3.05, 3.63) is 35.3 Å². The van der Waals surface area contributed by atoms with Crippen molar-refractivity contribution in [2.24, 2.45) is 0 Å². The Kier molecular flexibility index (Phi) is 6.21. The molecular weight excluding hydrogens is 328 g/mol. The van der Waals surface area contributed by atoms with Crippen molar-refractivity contribution in [1.82, 2.24) is 24.4 Å². The number of fused-ring (bicyclic) bond motifs is 1. The van der Waals surface area contributed by atoms with Crippen LogP contribution in [0.15, 0.2) is 12.4 Å². The van der Waals surface area contributed by atoms with Crippen LogP contribution in [-0.4, -0.2) is 55.3 Å². The molecule has 7 heteroatoms. The molecule has 0 bridgehead atoms. The van der Waals surface area contributed by atoms with Crippen LogP contribution in [0.1, 0.15) is 43.2 Å². The maximum absolute atomic E-state index is 9.57. The molecule has 142 valence electrons. The zero-order valence-electron chi connectivity index (χ0n) is 16.1. The molecule has 2 aromatic rings. The number of hydrogen-bond donors (Lipinski definition) is 2. The first-order valence-electron chi connectivity index (χ1n) is 9.57. The van der Waals surface area contributed by atoms with Crippen molar-refractivity contribution >= 4 is 5.82 Å². The molecule has 2 aromatic heterocycles. The summed E-state index contributed by atoms with van der Waals surface area (Å²) in [6, 6.07) is 0. The van der Waals surface area contributed by atoms with Gasteiger partial charge in [-0.2, -0.15) is 0 Å². The van der Waals surface area contributed by atoms with E-state index in [2.05, 4.69) is 42.9 Å². The first-order chi connectivity index (χ1) is 12.6. The average molecular weight is 358 g/mol. The Balaban J connectivity index is 1.72. The van der Waals surface area contributed by atoms with Crippen molar-refractivity contribution in [3.8, 4) is 0 Å². The molecule has 1 atom stereocenters. The number of aromatic nitrogens is 4. The van der Waals surface area contributed by atoms with Gasteiger partial charge in [-0.05, 0) is 26.7 Å². The van der Waals surface area contributed by atoms with Crippen LogP contribution in [-0.2, 0) is 25.9 Å². The number of nitrogens with one attached hydrogen (secondary N) is 1. The fraction of sp³-hybridized carbons (Fsp3) is 0.632. The highest BCUT2D eigenvalue weighted by atomic mass is 16.3. The minimum absolute atomic E-state index is 0.402. The van der Waals surface area contributed by atoms with Crippen molar-refractivity contribution < 1.29 is 5.11 Å². The van der Waals surface area contributed by atoms with Crippen LogP contribution in [0.5, 0.6) is 0 Å². The standard InChI is InChI=1S/C19H30N6O/c1-4-8-25-11-7-20-18(25)13-24-9-5-16-17(6-10-24)22-15(3)23-19(16)21-12-14(2)26/h7,11,14,26H,4-6,8-10,12-13H2,1-3H3,(H,21,22,23)/t14-/m1/s1. The van der Waals surface area contributed by atoms with Gasteiger partial charge in [0.25, 0.3) is 0 Å². The molecule has 2 N–H and O–H groups in total. The highest BCUT2D eigenvalue weighted by Gasteiger charge is 2.20. The number of hydrogen-bond acceptors (Lipinski definition) is 6. The molecule has 3 heterocycles. The maximum Gasteiger partial charge on any atom is 0.133 e. The largest absolute Gasteiger partial charge is 0.392 e. The van der Waals surface area contributed by atoms with Crippen LogP contribution in [0.4, 0.5) is 5.82 Å². The van der Waals surface area contributed by atoms with E-state index in [9.17, 15) is 5.11 Å². The molecule has 3 rings (SSSR count). The smallest absolute Gasteiger partial charge is 0.133 e. The molecule has 1 aliphatic rings. The zero-order chi connectivity index (χ0) is 18.5. The summed E-state index contributed by atoms with van der Waals surface area (Å²) in [4.78, 5) is 16.2. The Morgan fingerprint density at radius 1 is 1.27 bits per heavy atom. The highest BCUT2D eigenvalue weighted by Crippen LogP contribution is 2.22. The third kappa shape index (κ3) is 4.59. The fourth-order valence-corrected chi connectivity index (χ4v) is 3.45. The van der Waals surface area contributed by atoms with Gasteiger partial charge >= 0.3 is 0 Å². The molecule has 0 aromatic carbocycles. The summed E-state index contributed by atoms with van der Waals surface area (Å²) in [6.45, 7) is 10.2. The molecular formula is C19H30N6O. The van der Waals surface area contributed by atoms with Crippen LogP contribution < -0.4 is 5.32 Å². The van der Waals surface area contributed by atoms with Gasteiger partial charge in [0, 0.05) is 50.6 Å². The van der Waals surface area contributed by atoms with Gasteiger partial charge in [0.15, 0.2) is 0 Å². The quantitative estimate of drug-likeness (QED) is 0.786. The molecule has 0 spiro atoms. The summed E-state index contributed by atoms with van der Waals surface area (Å²) < 4.78 is 2.25. The van der Waals surface area contributed by atoms with E-state index in [-0.39, 0.29) is 0 Å². The van der Waals surface area contributed by atoms with Gasteiger partial charge in [-0.25, -0.2) is 15.0 Å². The van der Waals surface area contributed by atoms with Crippen LogP contribution >= 0.6 is 0 Å². The second kappa shape index (κ2) is 8.60. The number of aliphatic hydroxyl groups excluding tert-OH is 1. The van der Waals surface area contributed by atoms with Gasteiger partial charge in [0.05, 0.1) is 18.3 Å². The molecule has 0 saturated heterocycles. The second-order valence-electron chi connectivity index (χ2n) is 7.09. The number of aryl methyl sites for hydroxylation is 2. The topological polar surface area (TPSA) is 79.1 Å². The van der Waals surface area contributed by atoms with Gasteiger partial charge in [-0.1, -0.05) is 6.92 Å². The lowest BCUT2D eigenvalue weighted by molar-refractivity contribution is 0.208. The van der Waals surface area contributed by atoms with Crippen molar-refractivity contribution in [1.29, 1.82) is 0 Å². The molecule has 0 saturated carbocycles. The molecule has 0 amide bonds. The number of rotatable bonds is 7. The highest BCUT2D eigenvalue weighted by molar-refractivity contribution is 5.47. The van der Waals surface area contributed by atoms with E-state index in [1.165, 1.54) is 5.56 Å². The van der Waals surface area contributed by atoms with Crippen LogP contribution in [0.2, 0.25) is 0 Å². The maximum atomic E-state index is 9.57. The van der Waals surface area contributed by atoms with Gasteiger partial charge in [-0.3, -0.25) is 4.90 Å². The number of nitrogens with zero attached hydrogens (tertiary/aromatic N) is 5. The molecule has 7 nitrogen and oxygen atoms in total. The summed E-state index contributed by atoms with van der Waals surface area (Å²) >= 11 is 0. The third-order valence-electron chi connectivity index (χ3n) is 4.74. The normalized spacial score (nSPS) is 16.2. The fourth-order valence-electron chi connectivity index (χ4n) is 3.45. The second-order valence-corrected chi connectivity index (χ2v) is 7.09. The van der Waals surface area contributed by atoms with Gasteiger partial charge in [0.2, 0.25) is 0 Å². The molecule has 0 unspecified atom stereocenters. The Labute approximate surface area is 155 Å². The first-order valence-corrected chi connectivity index (χ1v) is 9.57. The van der Waals surface area contributed by atoms with E-state index in [0.29, 0.717) is 6.54 Å². The number of aliphatic hydroxyl groups is 1. The molecule has 26 heavy (non-hydrogen) atoms. The van der Waals surface area contributed by atoms with E-state index in [4.69, 9.17) is 0 Å². The van der Waals surface area contributed by atoms with Crippen molar-refractivity contribution in [2.75, 3.05) is 25.0 Å². The van der Waals surface area contributed by atoms with Crippen LogP contribution in [0.25, 0.3) is 0 Å². The third-order valence-corrected chi connectivity index (χ3v) is 4.74. The minimum Gasteiger partial charge on any atom is -0.392 e. The molecule has 1 aliphatic heterocycles. The van der Waals surface area contributed by atoms with E-state index in [1.807, 2.05) is 13.1 Å². The summed E-state index contributed by atoms with van der Waals surface area (Å²) in [7, 11) is 0. The van der Waals surface area contributed by atoms with Crippen molar-refractivity contribution in [2.45, 2.75) is 59.2 Å². The SMILES string of the molecule is CCCn1ccnc1CN1CCc2nc(C)nc(NC[C@@H](C)O)c2CC1. The van der Waals surface area contributed by atoms with E-state index >= 15 is 0 Å². The lowest BCUT2D eigenvalue weighted by Gasteiger charge is -2.20. The lowest BCUT2D eigenvalue weighted by atomic mass is 10.1. The predicted molar refractivity (Wildman–Crippen MR) is 102 cm³/mol. The molecule has 0 radical (unpaired) electrons. The van der Waals surface area contributed by atoms with E-state index in [0.717, 1.165) is 68.6 Å². The van der Waals surface area contributed by atoms with E-state index in [1.54, 1.807) is 6.92 Å². The lowest BCUT2D eigenvalue weighted by Crippen LogP contribution is -2.27. The molecule has 0 aliphatic carbocycles. The van der Waals surface area contributed by atoms with Crippen LogP contribution in [0, 0.1) is 6.92 Å². The summed E-state index contributed by atoms with van der Waals surface area (Å²) in [5.41, 5.74) is 2.32. The molecule has 0 fully saturated rings. The minimum atomic E-state index is -0.402. The Morgan fingerprint density at radius 2 is 2.08 bits per heavy atom. The summed E-state index contributed by atoms with van der Waals surface area (Å²) in [6.07, 6.45) is 6.49. The Bertz CT molecular complexity index is 727. The summed E-state index contributed by atoms with van der Waals surface area (Å²) in [5.74, 6) is 2.79. The van der Waals surface area contributed by atoms with Gasteiger partial charge in [0.1, 0.15) is 17.5 Å². The van der Waals surface area contributed by atoms with Gasteiger partial charge in [-0.15, -0.1) is 0 Å². The first kappa shape index (κ1) is 18.8.